The molecule has 1 N–H and O–H groups in total. The second-order valence-electron chi connectivity index (χ2n) is 7.49. The number of aromatic amines is 1. The van der Waals surface area contributed by atoms with Gasteiger partial charge < -0.3 is 9.88 Å². The first-order valence-corrected chi connectivity index (χ1v) is 9.61. The number of hydrogen-bond donors (Lipinski definition) is 1. The van der Waals surface area contributed by atoms with Crippen molar-refractivity contribution >= 4 is 22.1 Å². The first-order valence-electron chi connectivity index (χ1n) is 9.61. The van der Waals surface area contributed by atoms with Crippen molar-refractivity contribution in [2.75, 3.05) is 14.1 Å². The molecule has 142 valence electrons. The molecule has 0 atom stereocenters. The van der Waals surface area contributed by atoms with Gasteiger partial charge in [-0.25, -0.2) is 15.0 Å². The van der Waals surface area contributed by atoms with Crippen LogP contribution < -0.4 is 0 Å². The Bertz CT molecular complexity index is 1290. The third kappa shape index (κ3) is 3.37. The van der Waals surface area contributed by atoms with E-state index in [0.29, 0.717) is 0 Å². The highest BCUT2D eigenvalue weighted by molar-refractivity contribution is 5.94. The van der Waals surface area contributed by atoms with Gasteiger partial charge in [-0.1, -0.05) is 54.6 Å². The molecule has 5 nitrogen and oxygen atoms in total. The predicted octanol–water partition coefficient (Wildman–Crippen LogP) is 4.90. The Morgan fingerprint density at radius 1 is 0.793 bits per heavy atom. The van der Waals surface area contributed by atoms with Crippen LogP contribution in [-0.4, -0.2) is 38.9 Å². The molecule has 0 saturated heterocycles. The van der Waals surface area contributed by atoms with Crippen molar-refractivity contribution in [1.82, 2.24) is 24.8 Å². The summed E-state index contributed by atoms with van der Waals surface area (Å²) >= 11 is 0. The fourth-order valence-corrected chi connectivity index (χ4v) is 3.64. The largest absolute Gasteiger partial charge is 0.351 e. The van der Waals surface area contributed by atoms with Gasteiger partial charge in [-0.2, -0.15) is 0 Å². The molecule has 0 unspecified atom stereocenters. The van der Waals surface area contributed by atoms with E-state index < -0.39 is 0 Å². The minimum atomic E-state index is 0.859. The Labute approximate surface area is 169 Å². The molecule has 3 aromatic carbocycles. The van der Waals surface area contributed by atoms with Crippen LogP contribution in [0.4, 0.5) is 0 Å². The van der Waals surface area contributed by atoms with Gasteiger partial charge in [0.15, 0.2) is 0 Å². The molecule has 0 fully saturated rings. The molecule has 2 aromatic heterocycles. The molecule has 0 saturated carbocycles. The van der Waals surface area contributed by atoms with E-state index in [9.17, 15) is 0 Å². The van der Waals surface area contributed by atoms with Crippen molar-refractivity contribution in [2.24, 2.45) is 0 Å². The summed E-state index contributed by atoms with van der Waals surface area (Å²) in [6, 6.07) is 23.0. The Kier molecular flexibility index (Phi) is 4.30. The number of imidazole rings is 1. The molecular weight excluding hydrogens is 358 g/mol. The van der Waals surface area contributed by atoms with Gasteiger partial charge in [0.2, 0.25) is 0 Å². The normalized spacial score (nSPS) is 11.6. The third-order valence-corrected chi connectivity index (χ3v) is 5.00. The Morgan fingerprint density at radius 2 is 1.52 bits per heavy atom. The van der Waals surface area contributed by atoms with E-state index in [4.69, 9.17) is 4.98 Å². The van der Waals surface area contributed by atoms with E-state index in [0.717, 1.165) is 51.1 Å². The maximum Gasteiger partial charge on any atom is 0.116 e. The standard InChI is InChI=1S/C24H21N5/c1-29(2)14-16-8-10-18(11-9-16)24-23(17-6-4-3-5-7-17)27-21-12-19-20(26-15-25-19)13-22(21)28-24/h3-13,15,28H,14H2,1-2H3. The summed E-state index contributed by atoms with van der Waals surface area (Å²) in [4.78, 5) is 19.4. The van der Waals surface area contributed by atoms with Crippen LogP contribution in [0.5, 0.6) is 0 Å². The lowest BCUT2D eigenvalue weighted by Crippen LogP contribution is -2.10. The minimum Gasteiger partial charge on any atom is -0.351 e. The summed E-state index contributed by atoms with van der Waals surface area (Å²) in [5.74, 6) is 0. The van der Waals surface area contributed by atoms with Gasteiger partial charge in [0, 0.05) is 17.7 Å². The van der Waals surface area contributed by atoms with E-state index in [-0.39, 0.29) is 0 Å². The lowest BCUT2D eigenvalue weighted by atomic mass is 10.0. The highest BCUT2D eigenvalue weighted by Gasteiger charge is 2.13. The summed E-state index contributed by atoms with van der Waals surface area (Å²) in [5, 5.41) is 0. The predicted molar refractivity (Wildman–Crippen MR) is 117 cm³/mol. The van der Waals surface area contributed by atoms with Crippen molar-refractivity contribution < 1.29 is 0 Å². The monoisotopic (exact) mass is 379 g/mol. The fraction of sp³-hybridized carbons (Fsp3) is 0.125. The molecule has 0 radical (unpaired) electrons. The van der Waals surface area contributed by atoms with Crippen LogP contribution in [-0.2, 0) is 6.54 Å². The summed E-state index contributed by atoms with van der Waals surface area (Å²) in [5.41, 5.74) is 8.95. The molecule has 2 heterocycles. The zero-order chi connectivity index (χ0) is 19.8. The van der Waals surface area contributed by atoms with Gasteiger partial charge in [0.1, 0.15) is 6.33 Å². The molecule has 0 amide bonds. The quantitative estimate of drug-likeness (QED) is 0.482. The van der Waals surface area contributed by atoms with Crippen LogP contribution in [0.3, 0.4) is 0 Å². The fourth-order valence-electron chi connectivity index (χ4n) is 3.64. The number of aromatic nitrogens is 4. The van der Waals surface area contributed by atoms with Gasteiger partial charge in [0.25, 0.3) is 0 Å². The number of benzene rings is 3. The molecule has 0 spiro atoms. The zero-order valence-electron chi connectivity index (χ0n) is 16.4. The SMILES string of the molecule is CN(C)Cc1ccc(-c2[nH]c3cc4ncnc4cc3nc2-c2ccccc2)cc1. The number of fused-ring (bicyclic) bond motifs is 2. The molecule has 0 aliphatic carbocycles. The van der Waals surface area contributed by atoms with E-state index in [1.807, 2.05) is 30.3 Å². The number of nitrogens with zero attached hydrogens (tertiary/aromatic N) is 4. The number of nitrogens with one attached hydrogen (secondary N) is 1. The summed E-state index contributed by atoms with van der Waals surface area (Å²) in [6.45, 7) is 0.916. The third-order valence-electron chi connectivity index (χ3n) is 5.00. The van der Waals surface area contributed by atoms with Crippen LogP contribution in [0.15, 0.2) is 73.1 Å². The minimum absolute atomic E-state index is 0.859. The Hall–Kier alpha value is -3.57. The number of rotatable bonds is 4. The van der Waals surface area contributed by atoms with Gasteiger partial charge in [-0.3, -0.25) is 0 Å². The molecule has 29 heavy (non-hydrogen) atoms. The molecule has 5 rings (SSSR count). The van der Waals surface area contributed by atoms with Crippen LogP contribution >= 0.6 is 0 Å². The maximum atomic E-state index is 5.02. The zero-order valence-corrected chi connectivity index (χ0v) is 16.4. The van der Waals surface area contributed by atoms with Crippen LogP contribution in [0.25, 0.3) is 44.6 Å². The molecule has 0 aliphatic rings. The van der Waals surface area contributed by atoms with Gasteiger partial charge >= 0.3 is 0 Å². The van der Waals surface area contributed by atoms with E-state index in [1.165, 1.54) is 5.56 Å². The topological polar surface area (TPSA) is 57.7 Å². The smallest absolute Gasteiger partial charge is 0.116 e. The summed E-state index contributed by atoms with van der Waals surface area (Å²) < 4.78 is 0. The van der Waals surface area contributed by atoms with E-state index >= 15 is 0 Å². The molecule has 0 bridgehead atoms. The lowest BCUT2D eigenvalue weighted by Gasteiger charge is -2.14. The average molecular weight is 379 g/mol. The van der Waals surface area contributed by atoms with Crippen molar-refractivity contribution in [2.45, 2.75) is 6.54 Å². The van der Waals surface area contributed by atoms with E-state index in [1.54, 1.807) is 6.33 Å². The summed E-state index contributed by atoms with van der Waals surface area (Å²) in [7, 11) is 4.16. The summed E-state index contributed by atoms with van der Waals surface area (Å²) in [6.07, 6.45) is 1.59. The molecule has 5 aromatic rings. The number of H-pyrrole nitrogens is 1. The highest BCUT2D eigenvalue weighted by atomic mass is 15.0. The van der Waals surface area contributed by atoms with Crippen molar-refractivity contribution in [1.29, 1.82) is 0 Å². The van der Waals surface area contributed by atoms with Crippen molar-refractivity contribution in [3.05, 3.63) is 78.6 Å². The molecule has 0 aliphatic heterocycles. The van der Waals surface area contributed by atoms with Gasteiger partial charge in [0.05, 0.1) is 33.5 Å². The van der Waals surface area contributed by atoms with Crippen LogP contribution in [0, 0.1) is 0 Å². The second-order valence-corrected chi connectivity index (χ2v) is 7.49. The Morgan fingerprint density at radius 3 is 2.24 bits per heavy atom. The van der Waals surface area contributed by atoms with E-state index in [2.05, 4.69) is 70.3 Å². The van der Waals surface area contributed by atoms with Crippen molar-refractivity contribution in [3.63, 3.8) is 0 Å². The molecular formula is C24H21N5. The lowest BCUT2D eigenvalue weighted by molar-refractivity contribution is 0.402. The molecule has 5 heteroatoms. The first kappa shape index (κ1) is 17.5. The van der Waals surface area contributed by atoms with Crippen LogP contribution in [0.2, 0.25) is 0 Å². The highest BCUT2D eigenvalue weighted by Crippen LogP contribution is 2.32. The first-order chi connectivity index (χ1) is 14.2. The average Bonchev–Trinajstić information content (AvgIpc) is 3.19. The van der Waals surface area contributed by atoms with Gasteiger partial charge in [-0.15, -0.1) is 0 Å². The number of hydrogen-bond acceptors (Lipinski definition) is 4. The van der Waals surface area contributed by atoms with Gasteiger partial charge in [-0.05, 0) is 31.8 Å². The maximum absolute atomic E-state index is 5.02. The van der Waals surface area contributed by atoms with Crippen molar-refractivity contribution in [3.8, 4) is 22.5 Å². The van der Waals surface area contributed by atoms with Crippen LogP contribution in [0.1, 0.15) is 5.56 Å². The second kappa shape index (κ2) is 7.11. The Balaban J connectivity index is 1.72.